The number of hydrogen-bond donors (Lipinski definition) is 1. The lowest BCUT2D eigenvalue weighted by atomic mass is 9.99. The monoisotopic (exact) mass is 258 g/mol. The van der Waals surface area contributed by atoms with E-state index in [0.29, 0.717) is 11.8 Å². The molecule has 0 spiro atoms. The molecule has 2 N–H and O–H groups in total. The zero-order chi connectivity index (χ0) is 13.0. The lowest BCUT2D eigenvalue weighted by Crippen LogP contribution is -1.93. The maximum absolute atomic E-state index is 13.0. The van der Waals surface area contributed by atoms with E-state index in [9.17, 15) is 4.39 Å². The Morgan fingerprint density at radius 2 is 1.84 bits per heavy atom. The molecule has 1 aromatic carbocycles. The Morgan fingerprint density at radius 1 is 1.16 bits per heavy atom. The largest absolute Gasteiger partial charge is 0.367 e. The van der Waals surface area contributed by atoms with E-state index in [4.69, 9.17) is 10.3 Å². The summed E-state index contributed by atoms with van der Waals surface area (Å²) in [6.45, 7) is 0. The molecule has 1 heterocycles. The first-order valence-corrected chi connectivity index (χ1v) is 6.76. The number of anilines is 1. The molecule has 0 saturated heterocycles. The molecule has 3 nitrogen and oxygen atoms in total. The Hall–Kier alpha value is -1.84. The molecular formula is C15H15FN2O. The fourth-order valence-electron chi connectivity index (χ4n) is 3.68. The number of hydrogen-bond acceptors (Lipinski definition) is 3. The van der Waals surface area contributed by atoms with Crippen molar-refractivity contribution in [2.75, 3.05) is 5.73 Å². The van der Waals surface area contributed by atoms with Crippen molar-refractivity contribution in [2.45, 2.75) is 25.2 Å². The van der Waals surface area contributed by atoms with E-state index >= 15 is 0 Å². The Morgan fingerprint density at radius 3 is 2.53 bits per heavy atom. The van der Waals surface area contributed by atoms with Crippen LogP contribution in [0.4, 0.5) is 10.3 Å². The van der Waals surface area contributed by atoms with Gasteiger partial charge in [-0.15, -0.1) is 0 Å². The molecule has 1 aromatic heterocycles. The number of nitrogens with two attached hydrogens (primary N) is 1. The summed E-state index contributed by atoms with van der Waals surface area (Å²) in [5.41, 5.74) is 8.63. The van der Waals surface area contributed by atoms with E-state index in [1.54, 1.807) is 12.1 Å². The van der Waals surface area contributed by atoms with Crippen molar-refractivity contribution in [1.82, 2.24) is 5.16 Å². The molecule has 98 valence electrons. The highest BCUT2D eigenvalue weighted by Gasteiger charge is 2.55. The normalized spacial score (nSPS) is 28.4. The second kappa shape index (κ2) is 3.83. The molecule has 2 fully saturated rings. The predicted molar refractivity (Wildman–Crippen MR) is 69.9 cm³/mol. The van der Waals surface area contributed by atoms with Crippen LogP contribution in [0.2, 0.25) is 0 Å². The van der Waals surface area contributed by atoms with Crippen molar-refractivity contribution in [2.24, 2.45) is 11.8 Å². The highest BCUT2D eigenvalue weighted by atomic mass is 19.1. The Kier molecular flexibility index (Phi) is 2.22. The average Bonchev–Trinajstić information content (AvgIpc) is 2.78. The van der Waals surface area contributed by atoms with Crippen LogP contribution in [0.3, 0.4) is 0 Å². The van der Waals surface area contributed by atoms with E-state index < -0.39 is 0 Å². The molecule has 4 rings (SSSR count). The number of rotatable bonds is 2. The van der Waals surface area contributed by atoms with Crippen LogP contribution in [-0.4, -0.2) is 5.16 Å². The summed E-state index contributed by atoms with van der Waals surface area (Å²) in [6.07, 6.45) is 3.89. The van der Waals surface area contributed by atoms with Gasteiger partial charge in [0.25, 0.3) is 0 Å². The Labute approximate surface area is 110 Å². The first-order chi connectivity index (χ1) is 9.25. The van der Waals surface area contributed by atoms with Crippen molar-refractivity contribution < 1.29 is 8.91 Å². The molecule has 4 heteroatoms. The maximum atomic E-state index is 13.0. The molecule has 2 unspecified atom stereocenters. The first kappa shape index (κ1) is 11.0. The number of nitrogens with zero attached hydrogens (tertiary/aromatic N) is 1. The van der Waals surface area contributed by atoms with Crippen molar-refractivity contribution in [1.29, 1.82) is 0 Å². The third-order valence-electron chi connectivity index (χ3n) is 4.60. The van der Waals surface area contributed by atoms with Gasteiger partial charge in [0.2, 0.25) is 5.88 Å². The van der Waals surface area contributed by atoms with Crippen molar-refractivity contribution >= 4 is 5.88 Å². The van der Waals surface area contributed by atoms with Gasteiger partial charge in [0.15, 0.2) is 0 Å². The van der Waals surface area contributed by atoms with Crippen LogP contribution in [0, 0.1) is 17.7 Å². The molecular weight excluding hydrogens is 243 g/mol. The van der Waals surface area contributed by atoms with Crippen molar-refractivity contribution in [3.05, 3.63) is 35.8 Å². The standard InChI is InChI=1S/C15H15FN2O/c16-9-6-4-8(5-7-9)12-14(18-19-15(12)17)13-10-2-1-3-11(10)13/h4-7,10-11,13H,1-3,17H2. The number of fused-ring (bicyclic) bond motifs is 1. The Bertz CT molecular complexity index is 610. The van der Waals surface area contributed by atoms with Crippen LogP contribution in [0.5, 0.6) is 0 Å². The van der Waals surface area contributed by atoms with Crippen LogP contribution >= 0.6 is 0 Å². The molecule has 0 bridgehead atoms. The fraction of sp³-hybridized carbons (Fsp3) is 0.400. The van der Waals surface area contributed by atoms with Gasteiger partial charge in [0.05, 0.1) is 11.3 Å². The molecule has 0 aliphatic heterocycles. The van der Waals surface area contributed by atoms with Gasteiger partial charge in [-0.05, 0) is 42.4 Å². The first-order valence-electron chi connectivity index (χ1n) is 6.76. The van der Waals surface area contributed by atoms with Gasteiger partial charge >= 0.3 is 0 Å². The maximum Gasteiger partial charge on any atom is 0.230 e. The minimum absolute atomic E-state index is 0.247. The van der Waals surface area contributed by atoms with E-state index in [2.05, 4.69) is 5.16 Å². The molecule has 19 heavy (non-hydrogen) atoms. The van der Waals surface area contributed by atoms with Crippen LogP contribution in [0.25, 0.3) is 11.1 Å². The zero-order valence-electron chi connectivity index (χ0n) is 10.5. The number of nitrogen functional groups attached to an aromatic ring is 1. The van der Waals surface area contributed by atoms with Crippen LogP contribution < -0.4 is 5.73 Å². The highest BCUT2D eigenvalue weighted by Crippen LogP contribution is 2.64. The van der Waals surface area contributed by atoms with Gasteiger partial charge < -0.3 is 10.3 Å². The van der Waals surface area contributed by atoms with E-state index in [1.165, 1.54) is 31.4 Å². The highest BCUT2D eigenvalue weighted by molar-refractivity contribution is 5.76. The van der Waals surface area contributed by atoms with Crippen LogP contribution in [-0.2, 0) is 0 Å². The summed E-state index contributed by atoms with van der Waals surface area (Å²) in [6, 6.07) is 6.36. The number of aromatic nitrogens is 1. The third kappa shape index (κ3) is 1.59. The molecule has 2 aliphatic carbocycles. The lowest BCUT2D eigenvalue weighted by Gasteiger charge is -2.04. The predicted octanol–water partition coefficient (Wildman–Crippen LogP) is 3.58. The molecule has 0 amide bonds. The van der Waals surface area contributed by atoms with Gasteiger partial charge in [-0.2, -0.15) is 0 Å². The lowest BCUT2D eigenvalue weighted by molar-refractivity contribution is 0.424. The van der Waals surface area contributed by atoms with Crippen molar-refractivity contribution in [3.8, 4) is 11.1 Å². The Balaban J connectivity index is 1.75. The van der Waals surface area contributed by atoms with Gasteiger partial charge in [-0.25, -0.2) is 4.39 Å². The van der Waals surface area contributed by atoms with Crippen LogP contribution in [0.1, 0.15) is 30.9 Å². The average molecular weight is 258 g/mol. The second-order valence-electron chi connectivity index (χ2n) is 5.60. The smallest absolute Gasteiger partial charge is 0.230 e. The molecule has 2 aromatic rings. The topological polar surface area (TPSA) is 52.0 Å². The van der Waals surface area contributed by atoms with Gasteiger partial charge in [-0.3, -0.25) is 0 Å². The molecule has 2 saturated carbocycles. The number of halogens is 1. The SMILES string of the molecule is Nc1onc(C2C3CCCC32)c1-c1ccc(F)cc1. The second-order valence-corrected chi connectivity index (χ2v) is 5.60. The summed E-state index contributed by atoms with van der Waals surface area (Å²) in [4.78, 5) is 0. The van der Waals surface area contributed by atoms with E-state index in [-0.39, 0.29) is 5.82 Å². The summed E-state index contributed by atoms with van der Waals surface area (Å²) < 4.78 is 18.2. The van der Waals surface area contributed by atoms with E-state index in [0.717, 1.165) is 28.7 Å². The van der Waals surface area contributed by atoms with Crippen LogP contribution in [0.15, 0.2) is 28.8 Å². The summed E-state index contributed by atoms with van der Waals surface area (Å²) in [5, 5.41) is 4.17. The van der Waals surface area contributed by atoms with Gasteiger partial charge in [0.1, 0.15) is 5.82 Å². The number of benzene rings is 1. The van der Waals surface area contributed by atoms with Gasteiger partial charge in [-0.1, -0.05) is 23.7 Å². The third-order valence-corrected chi connectivity index (χ3v) is 4.60. The fourth-order valence-corrected chi connectivity index (χ4v) is 3.68. The van der Waals surface area contributed by atoms with Gasteiger partial charge in [0, 0.05) is 5.92 Å². The quantitative estimate of drug-likeness (QED) is 0.895. The minimum atomic E-state index is -0.247. The zero-order valence-corrected chi connectivity index (χ0v) is 10.5. The molecule has 2 aliphatic rings. The molecule has 0 radical (unpaired) electrons. The minimum Gasteiger partial charge on any atom is -0.367 e. The summed E-state index contributed by atoms with van der Waals surface area (Å²) >= 11 is 0. The molecule has 2 atom stereocenters. The summed E-state index contributed by atoms with van der Waals surface area (Å²) in [5.74, 6) is 2.09. The van der Waals surface area contributed by atoms with Crippen molar-refractivity contribution in [3.63, 3.8) is 0 Å². The summed E-state index contributed by atoms with van der Waals surface area (Å²) in [7, 11) is 0. The van der Waals surface area contributed by atoms with E-state index in [1.807, 2.05) is 0 Å².